The van der Waals surface area contributed by atoms with Crippen molar-refractivity contribution >= 4 is 49.8 Å². The summed E-state index contributed by atoms with van der Waals surface area (Å²) in [5.41, 5.74) is 2.04. The topological polar surface area (TPSA) is 42.0 Å². The third-order valence-electron chi connectivity index (χ3n) is 3.71. The maximum absolute atomic E-state index is 12.2. The SMILES string of the molecule is Cc1ccc2nc(Cl)c3cc(C(=O)NC4CC4)sc3c2c1. The highest BCUT2D eigenvalue weighted by Crippen LogP contribution is 2.36. The fourth-order valence-electron chi connectivity index (χ4n) is 2.44. The number of carbonyl (C=O) groups excluding carboxylic acids is 1. The third-order valence-corrected chi connectivity index (χ3v) is 5.16. The number of thiophene rings is 1. The summed E-state index contributed by atoms with van der Waals surface area (Å²) in [7, 11) is 0. The van der Waals surface area contributed by atoms with Crippen molar-refractivity contribution in [2.45, 2.75) is 25.8 Å². The number of aromatic nitrogens is 1. The minimum Gasteiger partial charge on any atom is -0.349 e. The molecule has 2 heterocycles. The van der Waals surface area contributed by atoms with E-state index in [0.717, 1.165) is 33.8 Å². The average Bonchev–Trinajstić information content (AvgIpc) is 3.14. The standard InChI is InChI=1S/C16H13ClN2OS/c1-8-2-5-12-10(6-8)14-11(15(17)19-12)7-13(21-14)16(20)18-9-3-4-9/h2,5-7,9H,3-4H2,1H3,(H,18,20). The number of rotatable bonds is 2. The highest BCUT2D eigenvalue weighted by Gasteiger charge is 2.25. The smallest absolute Gasteiger partial charge is 0.261 e. The molecule has 1 aromatic carbocycles. The van der Waals surface area contributed by atoms with E-state index < -0.39 is 0 Å². The van der Waals surface area contributed by atoms with Gasteiger partial charge in [-0.05, 0) is 38.0 Å². The van der Waals surface area contributed by atoms with Crippen molar-refractivity contribution in [3.8, 4) is 0 Å². The lowest BCUT2D eigenvalue weighted by molar-refractivity contribution is 0.0955. The second-order valence-electron chi connectivity index (χ2n) is 5.52. The Morgan fingerprint density at radius 2 is 2.14 bits per heavy atom. The van der Waals surface area contributed by atoms with Crippen LogP contribution in [0, 0.1) is 6.92 Å². The largest absolute Gasteiger partial charge is 0.349 e. The van der Waals surface area contributed by atoms with E-state index in [-0.39, 0.29) is 5.91 Å². The Labute approximate surface area is 130 Å². The minimum absolute atomic E-state index is 0.00410. The van der Waals surface area contributed by atoms with E-state index in [1.807, 2.05) is 25.1 Å². The van der Waals surface area contributed by atoms with E-state index in [1.165, 1.54) is 16.9 Å². The zero-order valence-corrected chi connectivity index (χ0v) is 13.0. The molecule has 0 bridgehead atoms. The van der Waals surface area contributed by atoms with Crippen molar-refractivity contribution < 1.29 is 4.79 Å². The number of hydrogen-bond donors (Lipinski definition) is 1. The predicted octanol–water partition coefficient (Wildman–Crippen LogP) is 4.30. The van der Waals surface area contributed by atoms with Gasteiger partial charge in [0.1, 0.15) is 5.15 Å². The Balaban J connectivity index is 1.92. The first-order valence-electron chi connectivity index (χ1n) is 6.92. The molecule has 1 amide bonds. The first-order chi connectivity index (χ1) is 10.1. The molecule has 4 rings (SSSR count). The molecule has 1 saturated carbocycles. The quantitative estimate of drug-likeness (QED) is 0.716. The lowest BCUT2D eigenvalue weighted by atomic mass is 10.1. The van der Waals surface area contributed by atoms with Crippen LogP contribution in [0.5, 0.6) is 0 Å². The summed E-state index contributed by atoms with van der Waals surface area (Å²) in [6.07, 6.45) is 2.17. The van der Waals surface area contributed by atoms with Crippen molar-refractivity contribution in [2.24, 2.45) is 0 Å². The van der Waals surface area contributed by atoms with Gasteiger partial charge in [0.25, 0.3) is 5.91 Å². The van der Waals surface area contributed by atoms with Gasteiger partial charge in [0.2, 0.25) is 0 Å². The van der Waals surface area contributed by atoms with Gasteiger partial charge in [-0.25, -0.2) is 4.98 Å². The number of fused-ring (bicyclic) bond motifs is 3. The maximum Gasteiger partial charge on any atom is 0.261 e. The number of nitrogens with zero attached hydrogens (tertiary/aromatic N) is 1. The molecule has 1 fully saturated rings. The summed E-state index contributed by atoms with van der Waals surface area (Å²) in [4.78, 5) is 17.3. The van der Waals surface area contributed by atoms with Crippen molar-refractivity contribution in [2.75, 3.05) is 0 Å². The highest BCUT2D eigenvalue weighted by atomic mass is 35.5. The van der Waals surface area contributed by atoms with E-state index in [4.69, 9.17) is 11.6 Å². The molecule has 21 heavy (non-hydrogen) atoms. The Hall–Kier alpha value is -1.65. The molecule has 0 unspecified atom stereocenters. The average molecular weight is 317 g/mol. The van der Waals surface area contributed by atoms with Gasteiger partial charge in [0, 0.05) is 21.5 Å². The second kappa shape index (κ2) is 4.68. The minimum atomic E-state index is -0.00410. The zero-order chi connectivity index (χ0) is 14.6. The molecule has 2 aromatic heterocycles. The van der Waals surface area contributed by atoms with Gasteiger partial charge >= 0.3 is 0 Å². The summed E-state index contributed by atoms with van der Waals surface area (Å²) in [5, 5.41) is 5.40. The van der Waals surface area contributed by atoms with Crippen LogP contribution in [-0.2, 0) is 0 Å². The fourth-order valence-corrected chi connectivity index (χ4v) is 3.82. The van der Waals surface area contributed by atoms with Gasteiger partial charge in [-0.15, -0.1) is 11.3 Å². The number of pyridine rings is 1. The van der Waals surface area contributed by atoms with Gasteiger partial charge in [-0.1, -0.05) is 23.2 Å². The van der Waals surface area contributed by atoms with E-state index in [1.54, 1.807) is 0 Å². The number of nitrogens with one attached hydrogen (secondary N) is 1. The fraction of sp³-hybridized carbons (Fsp3) is 0.250. The predicted molar refractivity (Wildman–Crippen MR) is 87.4 cm³/mol. The number of hydrogen-bond acceptors (Lipinski definition) is 3. The van der Waals surface area contributed by atoms with Gasteiger partial charge < -0.3 is 5.32 Å². The second-order valence-corrected chi connectivity index (χ2v) is 6.93. The number of benzene rings is 1. The lowest BCUT2D eigenvalue weighted by Crippen LogP contribution is -2.24. The van der Waals surface area contributed by atoms with Gasteiger partial charge in [-0.3, -0.25) is 4.79 Å². The normalized spacial score (nSPS) is 14.8. The molecule has 106 valence electrons. The van der Waals surface area contributed by atoms with Crippen molar-refractivity contribution in [3.05, 3.63) is 39.9 Å². The first-order valence-corrected chi connectivity index (χ1v) is 8.11. The van der Waals surface area contributed by atoms with Crippen LogP contribution in [0.3, 0.4) is 0 Å². The van der Waals surface area contributed by atoms with Gasteiger partial charge in [-0.2, -0.15) is 0 Å². The Kier molecular flexibility index (Phi) is 2.91. The summed E-state index contributed by atoms with van der Waals surface area (Å²) >= 11 is 7.77. The molecule has 0 atom stereocenters. The van der Waals surface area contributed by atoms with Crippen LogP contribution < -0.4 is 5.32 Å². The van der Waals surface area contributed by atoms with Crippen molar-refractivity contribution in [1.82, 2.24) is 10.3 Å². The number of aryl methyl sites for hydroxylation is 1. The third kappa shape index (κ3) is 2.28. The van der Waals surface area contributed by atoms with Crippen LogP contribution in [0.15, 0.2) is 24.3 Å². The summed E-state index contributed by atoms with van der Waals surface area (Å²) < 4.78 is 1.04. The number of carbonyl (C=O) groups is 1. The molecule has 0 spiro atoms. The summed E-state index contributed by atoms with van der Waals surface area (Å²) in [6, 6.07) is 8.30. The molecule has 3 nitrogen and oxygen atoms in total. The van der Waals surface area contributed by atoms with Gasteiger partial charge in [0.15, 0.2) is 0 Å². The van der Waals surface area contributed by atoms with Crippen LogP contribution >= 0.6 is 22.9 Å². The molecule has 0 saturated heterocycles. The van der Waals surface area contributed by atoms with E-state index in [0.29, 0.717) is 16.1 Å². The summed E-state index contributed by atoms with van der Waals surface area (Å²) in [5.74, 6) is -0.00410. The Morgan fingerprint density at radius 3 is 2.90 bits per heavy atom. The Morgan fingerprint density at radius 1 is 1.33 bits per heavy atom. The van der Waals surface area contributed by atoms with Crippen LogP contribution in [-0.4, -0.2) is 16.9 Å². The molecule has 0 aliphatic heterocycles. The van der Waals surface area contributed by atoms with Crippen molar-refractivity contribution in [3.63, 3.8) is 0 Å². The van der Waals surface area contributed by atoms with Crippen LogP contribution in [0.25, 0.3) is 21.0 Å². The van der Waals surface area contributed by atoms with Crippen LogP contribution in [0.4, 0.5) is 0 Å². The van der Waals surface area contributed by atoms with Gasteiger partial charge in [0.05, 0.1) is 10.4 Å². The molecule has 1 aliphatic rings. The lowest BCUT2D eigenvalue weighted by Gasteiger charge is -2.02. The van der Waals surface area contributed by atoms with Crippen LogP contribution in [0.1, 0.15) is 28.1 Å². The maximum atomic E-state index is 12.2. The van der Waals surface area contributed by atoms with Crippen molar-refractivity contribution in [1.29, 1.82) is 0 Å². The monoisotopic (exact) mass is 316 g/mol. The molecule has 5 heteroatoms. The van der Waals surface area contributed by atoms with Crippen LogP contribution in [0.2, 0.25) is 5.15 Å². The molecule has 1 N–H and O–H groups in total. The molecule has 1 aliphatic carbocycles. The first kappa shape index (κ1) is 13.0. The number of halogens is 1. The Bertz CT molecular complexity index is 883. The highest BCUT2D eigenvalue weighted by molar-refractivity contribution is 7.21. The number of amides is 1. The zero-order valence-electron chi connectivity index (χ0n) is 11.4. The molecule has 0 radical (unpaired) electrons. The van der Waals surface area contributed by atoms with E-state index in [2.05, 4.69) is 16.4 Å². The molecular weight excluding hydrogens is 304 g/mol. The van der Waals surface area contributed by atoms with E-state index in [9.17, 15) is 4.79 Å². The molecular formula is C16H13ClN2OS. The summed E-state index contributed by atoms with van der Waals surface area (Å²) in [6.45, 7) is 2.05. The molecule has 3 aromatic rings. The van der Waals surface area contributed by atoms with E-state index >= 15 is 0 Å².